The number of aromatic amines is 1. The van der Waals surface area contributed by atoms with Gasteiger partial charge in [-0.3, -0.25) is 0 Å². The Morgan fingerprint density at radius 1 is 1.27 bits per heavy atom. The Morgan fingerprint density at radius 2 is 2.00 bits per heavy atom. The Morgan fingerprint density at radius 3 is 2.55 bits per heavy atom. The average molecular weight is 169 g/mol. The van der Waals surface area contributed by atoms with Crippen molar-refractivity contribution < 1.29 is 0 Å². The second kappa shape index (κ2) is 3.39. The van der Waals surface area contributed by atoms with Crippen LogP contribution in [0.2, 0.25) is 0 Å². The maximum Gasteiger partial charge on any atom is 0.106 e. The Balaban J connectivity index is 3.12. The fourth-order valence-corrected chi connectivity index (χ4v) is 1.06. The molecular weight excluding hydrogens is 158 g/mol. The van der Waals surface area contributed by atoms with Gasteiger partial charge in [-0.15, -0.1) is 0 Å². The first-order valence-corrected chi connectivity index (χ1v) is 3.77. The van der Waals surface area contributed by atoms with E-state index in [0.29, 0.717) is 0 Å². The van der Waals surface area contributed by atoms with Crippen LogP contribution in [0.15, 0.2) is 12.1 Å². The second-order valence-corrected chi connectivity index (χ2v) is 2.59. The van der Waals surface area contributed by atoms with Crippen LogP contribution in [0.3, 0.4) is 0 Å². The van der Waals surface area contributed by atoms with E-state index in [-0.39, 0.29) is 0 Å². The summed E-state index contributed by atoms with van der Waals surface area (Å²) in [4.78, 5) is 3.00. The van der Waals surface area contributed by atoms with E-state index >= 15 is 0 Å². The summed E-state index contributed by atoms with van der Waals surface area (Å²) in [5.74, 6) is 0.918. The smallest absolute Gasteiger partial charge is 0.106 e. The fraction of sp³-hybridized carbons (Fsp3) is 0.286. The van der Waals surface area contributed by atoms with Gasteiger partial charge < -0.3 is 15.6 Å². The molecule has 0 radical (unpaired) electrons. The molecule has 0 saturated heterocycles. The Kier molecular flexibility index (Phi) is 2.48. The van der Waals surface area contributed by atoms with Crippen LogP contribution in [0.5, 0.6) is 0 Å². The minimum absolute atomic E-state index is 0.723. The van der Waals surface area contributed by atoms with Crippen LogP contribution in [-0.2, 0) is 0 Å². The number of hydrogen-bond donors (Lipinski definition) is 3. The van der Waals surface area contributed by atoms with Gasteiger partial charge in [0.25, 0.3) is 0 Å². The van der Waals surface area contributed by atoms with E-state index < -0.39 is 0 Å². The van der Waals surface area contributed by atoms with Gasteiger partial charge in [0, 0.05) is 25.8 Å². The fourth-order valence-electron chi connectivity index (χ4n) is 0.822. The maximum atomic E-state index is 4.98. The van der Waals surface area contributed by atoms with Crippen LogP contribution >= 0.6 is 12.2 Å². The third kappa shape index (κ3) is 1.94. The highest BCUT2D eigenvalue weighted by Crippen LogP contribution is 2.11. The van der Waals surface area contributed by atoms with Crippen molar-refractivity contribution >= 4 is 23.7 Å². The molecule has 0 saturated carbocycles. The molecule has 0 aliphatic rings. The summed E-state index contributed by atoms with van der Waals surface area (Å²) in [6.07, 6.45) is 0. The highest BCUT2D eigenvalue weighted by Gasteiger charge is 1.91. The van der Waals surface area contributed by atoms with Crippen LogP contribution in [0.4, 0.5) is 11.5 Å². The molecule has 0 bridgehead atoms. The molecule has 60 valence electrons. The summed E-state index contributed by atoms with van der Waals surface area (Å²) in [6, 6.07) is 3.83. The van der Waals surface area contributed by atoms with Crippen LogP contribution in [0, 0.1) is 4.64 Å². The molecule has 11 heavy (non-hydrogen) atoms. The molecule has 0 atom stereocenters. The average Bonchev–Trinajstić information content (AvgIpc) is 2.03. The quantitative estimate of drug-likeness (QED) is 0.591. The van der Waals surface area contributed by atoms with Gasteiger partial charge in [0.2, 0.25) is 0 Å². The molecule has 0 aliphatic carbocycles. The molecular formula is C7H11N3S. The Labute approximate surface area is 70.8 Å². The first-order valence-electron chi connectivity index (χ1n) is 3.36. The van der Waals surface area contributed by atoms with Gasteiger partial charge in [0.15, 0.2) is 0 Å². The Bertz CT molecular complexity index is 267. The molecule has 1 heterocycles. The second-order valence-electron chi connectivity index (χ2n) is 2.15. The summed E-state index contributed by atoms with van der Waals surface area (Å²) in [5, 5.41) is 6.00. The van der Waals surface area contributed by atoms with E-state index in [2.05, 4.69) is 15.6 Å². The van der Waals surface area contributed by atoms with Gasteiger partial charge in [-0.1, -0.05) is 12.2 Å². The highest BCUT2D eigenvalue weighted by atomic mass is 32.1. The van der Waals surface area contributed by atoms with Crippen molar-refractivity contribution in [3.05, 3.63) is 16.8 Å². The molecule has 1 aromatic rings. The highest BCUT2D eigenvalue weighted by molar-refractivity contribution is 7.71. The van der Waals surface area contributed by atoms with Crippen molar-refractivity contribution in [2.75, 3.05) is 24.7 Å². The van der Waals surface area contributed by atoms with Gasteiger partial charge in [0.05, 0.1) is 0 Å². The molecule has 1 aromatic heterocycles. The lowest BCUT2D eigenvalue weighted by Crippen LogP contribution is -1.95. The van der Waals surface area contributed by atoms with Crippen molar-refractivity contribution in [2.45, 2.75) is 0 Å². The summed E-state index contributed by atoms with van der Waals surface area (Å²) in [5.41, 5.74) is 1.01. The zero-order chi connectivity index (χ0) is 8.27. The van der Waals surface area contributed by atoms with Gasteiger partial charge in [0.1, 0.15) is 10.5 Å². The molecule has 0 fully saturated rings. The lowest BCUT2D eigenvalue weighted by atomic mass is 10.4. The van der Waals surface area contributed by atoms with Gasteiger partial charge >= 0.3 is 0 Å². The number of anilines is 2. The van der Waals surface area contributed by atoms with E-state index in [1.54, 1.807) is 0 Å². The van der Waals surface area contributed by atoms with Crippen LogP contribution in [-0.4, -0.2) is 19.1 Å². The zero-order valence-corrected chi connectivity index (χ0v) is 7.38. The SMILES string of the molecule is CNc1cc(NC)[nH]c(=S)c1. The minimum atomic E-state index is 0.723. The molecule has 3 N–H and O–H groups in total. The number of aromatic nitrogens is 1. The number of H-pyrrole nitrogens is 1. The lowest BCUT2D eigenvalue weighted by molar-refractivity contribution is 1.26. The van der Waals surface area contributed by atoms with Gasteiger partial charge in [-0.25, -0.2) is 0 Å². The number of pyridine rings is 1. The molecule has 0 spiro atoms. The lowest BCUT2D eigenvalue weighted by Gasteiger charge is -2.03. The summed E-state index contributed by atoms with van der Waals surface area (Å²) < 4.78 is 0.723. The molecule has 0 amide bonds. The molecule has 0 unspecified atom stereocenters. The first-order chi connectivity index (χ1) is 5.26. The molecule has 0 aliphatic heterocycles. The van der Waals surface area contributed by atoms with Crippen molar-refractivity contribution in [1.82, 2.24) is 4.98 Å². The van der Waals surface area contributed by atoms with Crippen molar-refractivity contribution in [2.24, 2.45) is 0 Å². The van der Waals surface area contributed by atoms with Crippen molar-refractivity contribution in [3.63, 3.8) is 0 Å². The third-order valence-electron chi connectivity index (χ3n) is 1.40. The third-order valence-corrected chi connectivity index (χ3v) is 1.62. The van der Waals surface area contributed by atoms with E-state index in [4.69, 9.17) is 12.2 Å². The van der Waals surface area contributed by atoms with Gasteiger partial charge in [-0.05, 0) is 6.07 Å². The van der Waals surface area contributed by atoms with Crippen molar-refractivity contribution in [1.29, 1.82) is 0 Å². The predicted molar refractivity (Wildman–Crippen MR) is 50.7 cm³/mol. The molecule has 3 nitrogen and oxygen atoms in total. The van der Waals surface area contributed by atoms with Crippen molar-refractivity contribution in [3.8, 4) is 0 Å². The van der Waals surface area contributed by atoms with E-state index in [0.717, 1.165) is 16.1 Å². The summed E-state index contributed by atoms with van der Waals surface area (Å²) in [7, 11) is 3.71. The molecule has 4 heteroatoms. The van der Waals surface area contributed by atoms with E-state index in [9.17, 15) is 0 Å². The number of hydrogen-bond acceptors (Lipinski definition) is 3. The summed E-state index contributed by atoms with van der Waals surface area (Å²) >= 11 is 4.98. The largest absolute Gasteiger partial charge is 0.388 e. The van der Waals surface area contributed by atoms with E-state index in [1.807, 2.05) is 26.2 Å². The van der Waals surface area contributed by atoms with E-state index in [1.165, 1.54) is 0 Å². The first kappa shape index (κ1) is 8.07. The van der Waals surface area contributed by atoms with Crippen LogP contribution in [0.1, 0.15) is 0 Å². The Hall–Kier alpha value is -1.03. The molecule has 0 aromatic carbocycles. The summed E-state index contributed by atoms with van der Waals surface area (Å²) in [6.45, 7) is 0. The maximum absolute atomic E-state index is 4.98. The standard InChI is InChI=1S/C7H11N3S/c1-8-5-3-6(9-2)10-7(11)4-5/h3-4H,1-2H3,(H3,8,9,10,11). The normalized spacial score (nSPS) is 9.27. The number of nitrogens with one attached hydrogen (secondary N) is 3. The number of rotatable bonds is 2. The zero-order valence-electron chi connectivity index (χ0n) is 6.56. The van der Waals surface area contributed by atoms with Crippen LogP contribution < -0.4 is 10.6 Å². The topological polar surface area (TPSA) is 39.8 Å². The predicted octanol–water partition coefficient (Wildman–Crippen LogP) is 1.83. The minimum Gasteiger partial charge on any atom is -0.388 e. The molecule has 1 rings (SSSR count). The monoisotopic (exact) mass is 169 g/mol. The van der Waals surface area contributed by atoms with Crippen LogP contribution in [0.25, 0.3) is 0 Å². The van der Waals surface area contributed by atoms with Gasteiger partial charge in [-0.2, -0.15) is 0 Å².